The molecule has 0 atom stereocenters. The van der Waals surface area contributed by atoms with Crippen LogP contribution in [0.5, 0.6) is 0 Å². The van der Waals surface area contributed by atoms with Crippen LogP contribution in [0.4, 0.5) is 5.95 Å². The van der Waals surface area contributed by atoms with E-state index in [0.29, 0.717) is 19.7 Å². The molecule has 7 heteroatoms. The fourth-order valence-electron chi connectivity index (χ4n) is 3.74. The number of carbonyl (C=O) groups excluding carboxylic acids is 1. The van der Waals surface area contributed by atoms with Gasteiger partial charge in [0.05, 0.1) is 18.8 Å². The van der Waals surface area contributed by atoms with Crippen molar-refractivity contribution in [1.29, 1.82) is 0 Å². The summed E-state index contributed by atoms with van der Waals surface area (Å²) in [5.74, 6) is 0.855. The maximum atomic E-state index is 12.7. The van der Waals surface area contributed by atoms with E-state index < -0.39 is 0 Å². The van der Waals surface area contributed by atoms with Crippen LogP contribution in [-0.2, 0) is 11.8 Å². The normalized spacial score (nSPS) is 20.0. The van der Waals surface area contributed by atoms with Gasteiger partial charge in [-0.2, -0.15) is 0 Å². The summed E-state index contributed by atoms with van der Waals surface area (Å²) in [6.07, 6.45) is 7.12. The van der Waals surface area contributed by atoms with Gasteiger partial charge in [0.15, 0.2) is 0 Å². The number of rotatable bonds is 2. The zero-order chi connectivity index (χ0) is 17.3. The predicted molar refractivity (Wildman–Crippen MR) is 93.5 cm³/mol. The summed E-state index contributed by atoms with van der Waals surface area (Å²) >= 11 is 0. The summed E-state index contributed by atoms with van der Waals surface area (Å²) in [7, 11) is 1.90. The maximum absolute atomic E-state index is 12.7. The second-order valence-corrected chi connectivity index (χ2v) is 6.80. The summed E-state index contributed by atoms with van der Waals surface area (Å²) in [6.45, 7) is 3.69. The average Bonchev–Trinajstić information content (AvgIpc) is 3.09. The lowest BCUT2D eigenvalue weighted by Gasteiger charge is -2.47. The zero-order valence-electron chi connectivity index (χ0n) is 14.5. The Kier molecular flexibility index (Phi) is 4.17. The predicted octanol–water partition coefficient (Wildman–Crippen LogP) is 1.33. The Morgan fingerprint density at radius 2 is 1.92 bits per heavy atom. The first-order valence-electron chi connectivity index (χ1n) is 8.73. The van der Waals surface area contributed by atoms with E-state index in [-0.39, 0.29) is 11.5 Å². The van der Waals surface area contributed by atoms with Crippen molar-refractivity contribution in [2.75, 3.05) is 37.7 Å². The minimum absolute atomic E-state index is 0.0985. The van der Waals surface area contributed by atoms with E-state index in [1.54, 1.807) is 12.4 Å². The molecule has 0 saturated carbocycles. The molecule has 4 heterocycles. The molecule has 0 radical (unpaired) electrons. The molecule has 0 aromatic carbocycles. The Bertz CT molecular complexity index is 737. The van der Waals surface area contributed by atoms with Crippen LogP contribution in [0.25, 0.3) is 0 Å². The summed E-state index contributed by atoms with van der Waals surface area (Å²) in [5, 5.41) is 0. The van der Waals surface area contributed by atoms with Crippen LogP contribution in [0.15, 0.2) is 36.8 Å². The molecule has 0 unspecified atom stereocenters. The molecular weight excluding hydrogens is 318 g/mol. The van der Waals surface area contributed by atoms with E-state index in [4.69, 9.17) is 4.74 Å². The van der Waals surface area contributed by atoms with Crippen molar-refractivity contribution in [2.24, 2.45) is 7.05 Å². The number of ether oxygens (including phenoxy) is 1. The molecular formula is C18H23N5O2. The van der Waals surface area contributed by atoms with E-state index in [9.17, 15) is 4.79 Å². The van der Waals surface area contributed by atoms with Crippen LogP contribution >= 0.6 is 0 Å². The first kappa shape index (κ1) is 16.1. The molecule has 2 aliphatic rings. The van der Waals surface area contributed by atoms with Gasteiger partial charge in [0.2, 0.25) is 5.95 Å². The molecule has 0 bridgehead atoms. The van der Waals surface area contributed by atoms with Crippen molar-refractivity contribution in [3.05, 3.63) is 42.5 Å². The highest BCUT2D eigenvalue weighted by Gasteiger charge is 2.41. The van der Waals surface area contributed by atoms with E-state index in [2.05, 4.69) is 14.9 Å². The molecule has 0 N–H and O–H groups in total. The van der Waals surface area contributed by atoms with E-state index in [1.807, 2.05) is 40.9 Å². The van der Waals surface area contributed by atoms with Gasteiger partial charge in [-0.05, 0) is 31.0 Å². The highest BCUT2D eigenvalue weighted by molar-refractivity contribution is 5.92. The Labute approximate surface area is 147 Å². The number of hydrogen-bond donors (Lipinski definition) is 0. The molecule has 1 spiro atoms. The van der Waals surface area contributed by atoms with Gasteiger partial charge in [0.25, 0.3) is 5.91 Å². The molecule has 0 aliphatic carbocycles. The van der Waals surface area contributed by atoms with Crippen LogP contribution in [0.3, 0.4) is 0 Å². The Balaban J connectivity index is 1.42. The molecule has 25 heavy (non-hydrogen) atoms. The third-order valence-corrected chi connectivity index (χ3v) is 5.21. The number of likely N-dealkylation sites (tertiary alicyclic amines) is 1. The Hall–Kier alpha value is -2.41. The van der Waals surface area contributed by atoms with Crippen molar-refractivity contribution >= 4 is 11.9 Å². The largest absolute Gasteiger partial charge is 0.371 e. The molecule has 2 aliphatic heterocycles. The summed E-state index contributed by atoms with van der Waals surface area (Å²) in [6, 6.07) is 5.60. The molecule has 2 aromatic heterocycles. The third kappa shape index (κ3) is 3.11. The van der Waals surface area contributed by atoms with Gasteiger partial charge in [0.1, 0.15) is 5.69 Å². The minimum Gasteiger partial charge on any atom is -0.371 e. The van der Waals surface area contributed by atoms with Crippen molar-refractivity contribution in [3.8, 4) is 0 Å². The number of aryl methyl sites for hydroxylation is 1. The van der Waals surface area contributed by atoms with Gasteiger partial charge < -0.3 is 19.1 Å². The van der Waals surface area contributed by atoms with Crippen LogP contribution < -0.4 is 4.90 Å². The van der Waals surface area contributed by atoms with Crippen LogP contribution in [0, 0.1) is 0 Å². The molecule has 7 nitrogen and oxygen atoms in total. The van der Waals surface area contributed by atoms with Crippen molar-refractivity contribution < 1.29 is 9.53 Å². The average molecular weight is 341 g/mol. The number of morpholine rings is 1. The molecule has 4 rings (SSSR count). The first-order chi connectivity index (χ1) is 12.2. The van der Waals surface area contributed by atoms with E-state index in [1.165, 1.54) is 0 Å². The quantitative estimate of drug-likeness (QED) is 0.824. The van der Waals surface area contributed by atoms with Gasteiger partial charge in [-0.3, -0.25) is 4.79 Å². The van der Waals surface area contributed by atoms with E-state index >= 15 is 0 Å². The Morgan fingerprint density at radius 3 is 2.60 bits per heavy atom. The molecule has 2 aromatic rings. The standard InChI is InChI=1S/C18H23N5O2/c1-21-9-2-4-15(21)16(24)22-10-5-18(6-11-22)14-23(12-13-25-18)17-19-7-3-8-20-17/h2-4,7-9H,5-6,10-14H2,1H3. The van der Waals surface area contributed by atoms with Gasteiger partial charge in [0, 0.05) is 45.3 Å². The lowest BCUT2D eigenvalue weighted by Crippen LogP contribution is -2.58. The van der Waals surface area contributed by atoms with Crippen LogP contribution in [0.1, 0.15) is 23.3 Å². The number of hydrogen-bond acceptors (Lipinski definition) is 5. The fourth-order valence-corrected chi connectivity index (χ4v) is 3.74. The van der Waals surface area contributed by atoms with Gasteiger partial charge in [-0.25, -0.2) is 9.97 Å². The number of aromatic nitrogens is 3. The van der Waals surface area contributed by atoms with Crippen LogP contribution in [-0.4, -0.2) is 63.7 Å². The topological polar surface area (TPSA) is 63.5 Å². The molecule has 2 fully saturated rings. The highest BCUT2D eigenvalue weighted by atomic mass is 16.5. The number of anilines is 1. The number of carbonyl (C=O) groups is 1. The highest BCUT2D eigenvalue weighted by Crippen LogP contribution is 2.31. The van der Waals surface area contributed by atoms with E-state index in [0.717, 1.165) is 37.6 Å². The first-order valence-corrected chi connectivity index (χ1v) is 8.73. The monoisotopic (exact) mass is 341 g/mol. The smallest absolute Gasteiger partial charge is 0.270 e. The lowest BCUT2D eigenvalue weighted by molar-refractivity contribution is -0.0872. The SMILES string of the molecule is Cn1cccc1C(=O)N1CCC2(CC1)CN(c1ncccn1)CCO2. The Morgan fingerprint density at radius 1 is 1.16 bits per heavy atom. The van der Waals surface area contributed by atoms with Gasteiger partial charge >= 0.3 is 0 Å². The second-order valence-electron chi connectivity index (χ2n) is 6.80. The molecule has 2 saturated heterocycles. The third-order valence-electron chi connectivity index (χ3n) is 5.21. The summed E-state index contributed by atoms with van der Waals surface area (Å²) in [5.41, 5.74) is 0.530. The second kappa shape index (κ2) is 6.48. The van der Waals surface area contributed by atoms with Crippen molar-refractivity contribution in [3.63, 3.8) is 0 Å². The number of nitrogens with zero attached hydrogens (tertiary/aromatic N) is 5. The zero-order valence-corrected chi connectivity index (χ0v) is 14.5. The molecule has 132 valence electrons. The van der Waals surface area contributed by atoms with Gasteiger partial charge in [-0.15, -0.1) is 0 Å². The minimum atomic E-state index is -0.206. The lowest BCUT2D eigenvalue weighted by atomic mass is 9.89. The van der Waals surface area contributed by atoms with Crippen LogP contribution in [0.2, 0.25) is 0 Å². The number of piperidine rings is 1. The fraction of sp³-hybridized carbons (Fsp3) is 0.500. The van der Waals surface area contributed by atoms with Gasteiger partial charge in [-0.1, -0.05) is 0 Å². The number of amides is 1. The maximum Gasteiger partial charge on any atom is 0.270 e. The van der Waals surface area contributed by atoms with Crippen molar-refractivity contribution in [1.82, 2.24) is 19.4 Å². The summed E-state index contributed by atoms with van der Waals surface area (Å²) < 4.78 is 8.03. The summed E-state index contributed by atoms with van der Waals surface area (Å²) in [4.78, 5) is 25.5. The van der Waals surface area contributed by atoms with Crippen molar-refractivity contribution in [2.45, 2.75) is 18.4 Å². The molecule has 1 amide bonds.